The van der Waals surface area contributed by atoms with E-state index in [0.717, 1.165) is 66.6 Å². The number of fused-ring (bicyclic) bond motifs is 6. The second-order valence-electron chi connectivity index (χ2n) is 8.25. The summed E-state index contributed by atoms with van der Waals surface area (Å²) in [7, 11) is 0. The molecular formula is C28H16N2O3. The smallest absolute Gasteiger partial charge is 0.151 e. The molecule has 5 nitrogen and oxygen atoms in total. The third-order valence-electron chi connectivity index (χ3n) is 6.58. The Hall–Kier alpha value is -4.64. The Kier molecular flexibility index (Phi) is 3.08. The van der Waals surface area contributed by atoms with Crippen LogP contribution in [0, 0.1) is 0 Å². The maximum atomic E-state index is 6.70. The third kappa shape index (κ3) is 2.11. The second-order valence-corrected chi connectivity index (χ2v) is 8.25. The molecule has 0 fully saturated rings. The van der Waals surface area contributed by atoms with Crippen molar-refractivity contribution in [2.75, 3.05) is 0 Å². The molecule has 2 aromatic heterocycles. The van der Waals surface area contributed by atoms with Crippen molar-refractivity contribution in [1.29, 1.82) is 0 Å². The molecule has 0 bridgehead atoms. The fourth-order valence-corrected chi connectivity index (χ4v) is 5.29. The Morgan fingerprint density at radius 3 is 1.55 bits per heavy atom. The highest BCUT2D eigenvalue weighted by molar-refractivity contribution is 6.16. The Labute approximate surface area is 187 Å². The van der Waals surface area contributed by atoms with Crippen LogP contribution in [0.3, 0.4) is 0 Å². The van der Waals surface area contributed by atoms with E-state index in [0.29, 0.717) is 0 Å². The standard InChI is InChI=1S/C28H16N2O3/c1-5-17-25-19(29-13-15-31-23(11-1)27(17)29)7-3-9-21(25)33-22-10-4-8-20-26(22)18-6-2-12-24-28(18)30(20)14-16-32-24/h1-16H. The summed E-state index contributed by atoms with van der Waals surface area (Å²) in [6.45, 7) is 0. The first-order valence-electron chi connectivity index (χ1n) is 10.8. The van der Waals surface area contributed by atoms with Crippen LogP contribution in [0.15, 0.2) is 85.3 Å². The zero-order chi connectivity index (χ0) is 21.5. The summed E-state index contributed by atoms with van der Waals surface area (Å²) < 4.78 is 22.5. The Morgan fingerprint density at radius 2 is 1.03 bits per heavy atom. The van der Waals surface area contributed by atoms with Crippen LogP contribution in [-0.4, -0.2) is 9.13 Å². The van der Waals surface area contributed by atoms with E-state index < -0.39 is 0 Å². The summed E-state index contributed by atoms with van der Waals surface area (Å²) in [6, 6.07) is 24.6. The molecule has 0 amide bonds. The van der Waals surface area contributed by atoms with Crippen molar-refractivity contribution >= 4 is 56.0 Å². The lowest BCUT2D eigenvalue weighted by Gasteiger charge is -2.10. The first kappa shape index (κ1) is 17.0. The Morgan fingerprint density at radius 1 is 0.545 bits per heavy atom. The summed E-state index contributed by atoms with van der Waals surface area (Å²) in [5, 5.41) is 4.35. The quantitative estimate of drug-likeness (QED) is 0.290. The molecule has 6 aromatic rings. The second kappa shape index (κ2) is 5.99. The predicted octanol–water partition coefficient (Wildman–Crippen LogP) is 7.34. The van der Waals surface area contributed by atoms with Crippen LogP contribution in [0.2, 0.25) is 0 Å². The minimum Gasteiger partial charge on any atom is -0.461 e. The van der Waals surface area contributed by atoms with Crippen LogP contribution >= 0.6 is 0 Å². The van der Waals surface area contributed by atoms with Gasteiger partial charge in [0.05, 0.1) is 32.8 Å². The van der Waals surface area contributed by atoms with Crippen molar-refractivity contribution in [3.63, 3.8) is 0 Å². The van der Waals surface area contributed by atoms with Gasteiger partial charge in [0.1, 0.15) is 24.0 Å². The summed E-state index contributed by atoms with van der Waals surface area (Å²) in [4.78, 5) is 0. The van der Waals surface area contributed by atoms with Crippen LogP contribution in [0.1, 0.15) is 0 Å². The van der Waals surface area contributed by atoms with Gasteiger partial charge in [-0.05, 0) is 36.4 Å². The minimum absolute atomic E-state index is 0.815. The van der Waals surface area contributed by atoms with Gasteiger partial charge in [-0.15, -0.1) is 0 Å². The van der Waals surface area contributed by atoms with E-state index in [9.17, 15) is 0 Å². The predicted molar refractivity (Wildman–Crippen MR) is 131 cm³/mol. The van der Waals surface area contributed by atoms with Gasteiger partial charge in [0, 0.05) is 23.2 Å². The average molecular weight is 428 g/mol. The van der Waals surface area contributed by atoms with Gasteiger partial charge in [-0.2, -0.15) is 0 Å². The molecule has 4 aromatic carbocycles. The van der Waals surface area contributed by atoms with E-state index in [1.807, 2.05) is 60.9 Å². The fraction of sp³-hybridized carbons (Fsp3) is 0. The summed E-state index contributed by atoms with van der Waals surface area (Å²) in [5.41, 5.74) is 4.28. The number of ether oxygens (including phenoxy) is 3. The van der Waals surface area contributed by atoms with Crippen molar-refractivity contribution in [1.82, 2.24) is 9.13 Å². The van der Waals surface area contributed by atoms with Crippen LogP contribution in [0.4, 0.5) is 0 Å². The molecule has 0 N–H and O–H groups in total. The monoisotopic (exact) mass is 428 g/mol. The van der Waals surface area contributed by atoms with Crippen LogP contribution < -0.4 is 14.2 Å². The lowest BCUT2D eigenvalue weighted by molar-refractivity contribution is 0.482. The Bertz CT molecular complexity index is 1720. The van der Waals surface area contributed by atoms with Gasteiger partial charge in [0.2, 0.25) is 0 Å². The first-order valence-corrected chi connectivity index (χ1v) is 10.8. The molecule has 0 radical (unpaired) electrons. The number of hydrogen-bond acceptors (Lipinski definition) is 3. The number of nitrogens with zero attached hydrogens (tertiary/aromatic N) is 2. The van der Waals surface area contributed by atoms with Gasteiger partial charge < -0.3 is 23.3 Å². The van der Waals surface area contributed by atoms with E-state index in [-0.39, 0.29) is 0 Å². The number of para-hydroxylation sites is 2. The normalized spacial score (nSPS) is 13.7. The number of benzene rings is 4. The molecule has 4 heterocycles. The topological polar surface area (TPSA) is 37.5 Å². The molecule has 2 aliphatic heterocycles. The molecule has 8 rings (SSSR count). The van der Waals surface area contributed by atoms with Crippen LogP contribution in [0.25, 0.3) is 56.0 Å². The molecule has 33 heavy (non-hydrogen) atoms. The highest BCUT2D eigenvalue weighted by Crippen LogP contribution is 2.45. The van der Waals surface area contributed by atoms with Gasteiger partial charge in [-0.25, -0.2) is 0 Å². The molecule has 2 aliphatic rings. The SMILES string of the molecule is C1=Cn2c3cccc(Oc4cccc5c4c4cccc6c4n5C=CO6)c3c3cccc(c32)O1. The van der Waals surface area contributed by atoms with Crippen LogP contribution in [-0.2, 0) is 0 Å². The first-order chi connectivity index (χ1) is 16.4. The lowest BCUT2D eigenvalue weighted by Crippen LogP contribution is -1.96. The van der Waals surface area contributed by atoms with Crippen molar-refractivity contribution < 1.29 is 14.2 Å². The molecule has 0 saturated heterocycles. The van der Waals surface area contributed by atoms with E-state index in [1.54, 1.807) is 12.5 Å². The highest BCUT2D eigenvalue weighted by atomic mass is 16.5. The number of aromatic nitrogens is 2. The summed E-state index contributed by atoms with van der Waals surface area (Å²) in [6.07, 6.45) is 7.36. The average Bonchev–Trinajstić information content (AvgIpc) is 3.37. The largest absolute Gasteiger partial charge is 0.461 e. The van der Waals surface area contributed by atoms with Crippen molar-refractivity contribution in [3.8, 4) is 23.0 Å². The minimum atomic E-state index is 0.815. The van der Waals surface area contributed by atoms with Gasteiger partial charge in [-0.1, -0.05) is 36.4 Å². The third-order valence-corrected chi connectivity index (χ3v) is 6.58. The van der Waals surface area contributed by atoms with Crippen LogP contribution in [0.5, 0.6) is 23.0 Å². The molecule has 0 spiro atoms. The van der Waals surface area contributed by atoms with Crippen molar-refractivity contribution in [2.45, 2.75) is 0 Å². The highest BCUT2D eigenvalue weighted by Gasteiger charge is 2.22. The van der Waals surface area contributed by atoms with E-state index in [1.165, 1.54) is 0 Å². The molecule has 0 unspecified atom stereocenters. The van der Waals surface area contributed by atoms with E-state index in [4.69, 9.17) is 14.2 Å². The van der Waals surface area contributed by atoms with E-state index in [2.05, 4.69) is 33.4 Å². The zero-order valence-corrected chi connectivity index (χ0v) is 17.4. The molecule has 0 atom stereocenters. The maximum absolute atomic E-state index is 6.70. The lowest BCUT2D eigenvalue weighted by atomic mass is 10.1. The molecule has 156 valence electrons. The number of hydrogen-bond donors (Lipinski definition) is 0. The van der Waals surface area contributed by atoms with Gasteiger partial charge in [0.25, 0.3) is 0 Å². The summed E-state index contributed by atoms with van der Waals surface area (Å²) >= 11 is 0. The Balaban J connectivity index is 1.43. The van der Waals surface area contributed by atoms with Gasteiger partial charge in [-0.3, -0.25) is 0 Å². The molecule has 0 saturated carbocycles. The molecule has 5 heteroatoms. The molecule has 0 aliphatic carbocycles. The number of rotatable bonds is 2. The van der Waals surface area contributed by atoms with E-state index >= 15 is 0 Å². The fourth-order valence-electron chi connectivity index (χ4n) is 5.29. The molecular weight excluding hydrogens is 412 g/mol. The van der Waals surface area contributed by atoms with Gasteiger partial charge >= 0.3 is 0 Å². The van der Waals surface area contributed by atoms with Gasteiger partial charge in [0.15, 0.2) is 11.5 Å². The summed E-state index contributed by atoms with van der Waals surface area (Å²) in [5.74, 6) is 3.32. The van der Waals surface area contributed by atoms with Crippen molar-refractivity contribution in [2.24, 2.45) is 0 Å². The zero-order valence-electron chi connectivity index (χ0n) is 17.4. The maximum Gasteiger partial charge on any atom is 0.151 e. The van der Waals surface area contributed by atoms with Crippen molar-refractivity contribution in [3.05, 3.63) is 85.3 Å².